The molecule has 0 saturated heterocycles. The third-order valence-corrected chi connectivity index (χ3v) is 3.28. The highest BCUT2D eigenvalue weighted by atomic mass is 35.5. The first-order valence-electron chi connectivity index (χ1n) is 5.40. The number of rotatable bonds is 5. The Labute approximate surface area is 111 Å². The van der Waals surface area contributed by atoms with Crippen LogP contribution in [0.4, 0.5) is 0 Å². The number of carbonyl (C=O) groups is 1. The Morgan fingerprint density at radius 1 is 1.59 bits per heavy atom. The number of nitrogens with one attached hydrogen (secondary N) is 1. The molecular weight excluding hydrogens is 263 g/mol. The number of aliphatic hydroxyl groups excluding tert-OH is 1. The molecule has 1 atom stereocenters. The molecule has 1 unspecified atom stereocenters. The second kappa shape index (κ2) is 6.28. The third-order valence-electron chi connectivity index (χ3n) is 2.43. The van der Waals surface area contributed by atoms with Crippen LogP contribution < -0.4 is 5.32 Å². The van der Waals surface area contributed by atoms with Crippen LogP contribution in [0.3, 0.4) is 0 Å². The van der Waals surface area contributed by atoms with Gasteiger partial charge in [0.25, 0.3) is 5.91 Å². The fourth-order valence-corrected chi connectivity index (χ4v) is 1.83. The van der Waals surface area contributed by atoms with Crippen LogP contribution in [-0.2, 0) is 7.05 Å². The van der Waals surface area contributed by atoms with E-state index in [4.69, 9.17) is 28.3 Å². The maximum atomic E-state index is 11.8. The lowest BCUT2D eigenvalue weighted by molar-refractivity contribution is 0.0941. The molecule has 1 amide bonds. The van der Waals surface area contributed by atoms with E-state index in [0.29, 0.717) is 28.8 Å². The number of hydrogen-bond donors (Lipinski definition) is 2. The zero-order chi connectivity index (χ0) is 13.0. The second-order valence-electron chi connectivity index (χ2n) is 3.97. The van der Waals surface area contributed by atoms with Gasteiger partial charge in [-0.05, 0) is 25.8 Å². The number of halogens is 2. The van der Waals surface area contributed by atoms with Crippen molar-refractivity contribution in [2.75, 3.05) is 6.54 Å². The minimum absolute atomic E-state index is 0.216. The molecule has 17 heavy (non-hydrogen) atoms. The van der Waals surface area contributed by atoms with E-state index in [1.165, 1.54) is 10.6 Å². The van der Waals surface area contributed by atoms with Gasteiger partial charge in [0.15, 0.2) is 0 Å². The van der Waals surface area contributed by atoms with Crippen LogP contribution in [0.15, 0.2) is 6.07 Å². The van der Waals surface area contributed by atoms with Crippen LogP contribution in [-0.4, -0.2) is 28.2 Å². The normalized spacial score (nSPS) is 12.5. The number of nitrogens with zero attached hydrogens (tertiary/aromatic N) is 1. The van der Waals surface area contributed by atoms with Crippen molar-refractivity contribution in [1.82, 2.24) is 9.88 Å². The Morgan fingerprint density at radius 3 is 2.71 bits per heavy atom. The van der Waals surface area contributed by atoms with Gasteiger partial charge in [-0.25, -0.2) is 0 Å². The molecule has 96 valence electrons. The van der Waals surface area contributed by atoms with Crippen LogP contribution in [0.25, 0.3) is 0 Å². The number of aromatic nitrogens is 1. The summed E-state index contributed by atoms with van der Waals surface area (Å²) in [5.74, 6) is -0.216. The van der Waals surface area contributed by atoms with Gasteiger partial charge < -0.3 is 15.0 Å². The fraction of sp³-hybridized carbons (Fsp3) is 0.545. The molecule has 0 fully saturated rings. The molecule has 0 aromatic carbocycles. The van der Waals surface area contributed by atoms with Gasteiger partial charge in [0, 0.05) is 13.6 Å². The molecule has 1 aromatic heterocycles. The predicted octanol–water partition coefficient (Wildman–Crippen LogP) is 2.22. The summed E-state index contributed by atoms with van der Waals surface area (Å²) in [6.45, 7) is 2.24. The van der Waals surface area contributed by atoms with Gasteiger partial charge in [-0.15, -0.1) is 0 Å². The van der Waals surface area contributed by atoms with E-state index in [1.54, 1.807) is 14.0 Å². The average Bonchev–Trinajstić information content (AvgIpc) is 2.52. The molecule has 0 aliphatic heterocycles. The van der Waals surface area contributed by atoms with Gasteiger partial charge in [0.2, 0.25) is 0 Å². The standard InChI is InChI=1S/C11H16Cl2N2O2/c1-7(16)4-3-5-14-11(17)9-6-8(12)10(13)15(9)2/h6-7,16H,3-5H2,1-2H3,(H,14,17). The van der Waals surface area contributed by atoms with Crippen molar-refractivity contribution >= 4 is 29.1 Å². The zero-order valence-electron chi connectivity index (χ0n) is 9.83. The predicted molar refractivity (Wildman–Crippen MR) is 68.7 cm³/mol. The van der Waals surface area contributed by atoms with Crippen LogP contribution in [0.1, 0.15) is 30.3 Å². The van der Waals surface area contributed by atoms with E-state index in [-0.39, 0.29) is 12.0 Å². The second-order valence-corrected chi connectivity index (χ2v) is 4.74. The molecule has 0 aliphatic rings. The smallest absolute Gasteiger partial charge is 0.267 e. The molecule has 1 aromatic rings. The molecule has 4 nitrogen and oxygen atoms in total. The van der Waals surface area contributed by atoms with E-state index in [1.807, 2.05) is 0 Å². The Hall–Kier alpha value is -0.710. The monoisotopic (exact) mass is 278 g/mol. The number of aliphatic hydroxyl groups is 1. The first-order valence-corrected chi connectivity index (χ1v) is 6.16. The quantitative estimate of drug-likeness (QED) is 0.812. The van der Waals surface area contributed by atoms with Crippen molar-refractivity contribution in [2.45, 2.75) is 25.9 Å². The molecule has 0 aliphatic carbocycles. The lowest BCUT2D eigenvalue weighted by Crippen LogP contribution is -2.26. The number of amides is 1. The Balaban J connectivity index is 2.50. The largest absolute Gasteiger partial charge is 0.393 e. The van der Waals surface area contributed by atoms with Crippen LogP contribution in [0.2, 0.25) is 10.2 Å². The molecular formula is C11H16Cl2N2O2. The van der Waals surface area contributed by atoms with Crippen molar-refractivity contribution < 1.29 is 9.90 Å². The summed E-state index contributed by atoms with van der Waals surface area (Å²) < 4.78 is 1.54. The Morgan fingerprint density at radius 2 is 2.24 bits per heavy atom. The van der Waals surface area contributed by atoms with Crippen molar-refractivity contribution in [3.8, 4) is 0 Å². The summed E-state index contributed by atoms with van der Waals surface area (Å²) in [7, 11) is 1.68. The summed E-state index contributed by atoms with van der Waals surface area (Å²) in [6.07, 6.45) is 1.05. The van der Waals surface area contributed by atoms with Gasteiger partial charge in [0.05, 0.1) is 11.1 Å². The molecule has 1 rings (SSSR count). The van der Waals surface area contributed by atoms with E-state index < -0.39 is 0 Å². The van der Waals surface area contributed by atoms with Crippen molar-refractivity contribution in [3.63, 3.8) is 0 Å². The summed E-state index contributed by atoms with van der Waals surface area (Å²) in [5, 5.41) is 12.5. The summed E-state index contributed by atoms with van der Waals surface area (Å²) in [4.78, 5) is 11.8. The Kier molecular flexibility index (Phi) is 5.31. The number of carbonyl (C=O) groups excluding carboxylic acids is 1. The van der Waals surface area contributed by atoms with E-state index in [0.717, 1.165) is 6.42 Å². The first-order chi connectivity index (χ1) is 7.93. The summed E-state index contributed by atoms with van der Waals surface area (Å²) in [6, 6.07) is 1.54. The first kappa shape index (κ1) is 14.4. The van der Waals surface area contributed by atoms with Crippen LogP contribution in [0.5, 0.6) is 0 Å². The zero-order valence-corrected chi connectivity index (χ0v) is 11.3. The molecule has 1 heterocycles. The highest BCUT2D eigenvalue weighted by Gasteiger charge is 2.14. The lowest BCUT2D eigenvalue weighted by atomic mass is 10.2. The minimum Gasteiger partial charge on any atom is -0.393 e. The third kappa shape index (κ3) is 3.91. The SMILES string of the molecule is CC(O)CCCNC(=O)c1cc(Cl)c(Cl)n1C. The van der Waals surface area contributed by atoms with E-state index in [2.05, 4.69) is 5.32 Å². The van der Waals surface area contributed by atoms with Crippen molar-refractivity contribution in [1.29, 1.82) is 0 Å². The van der Waals surface area contributed by atoms with Crippen molar-refractivity contribution in [3.05, 3.63) is 21.9 Å². The topological polar surface area (TPSA) is 54.3 Å². The summed E-state index contributed by atoms with van der Waals surface area (Å²) in [5.41, 5.74) is 0.428. The molecule has 2 N–H and O–H groups in total. The van der Waals surface area contributed by atoms with Crippen molar-refractivity contribution in [2.24, 2.45) is 7.05 Å². The minimum atomic E-state index is -0.342. The Bertz CT molecular complexity index is 402. The fourth-order valence-electron chi connectivity index (χ4n) is 1.45. The van der Waals surface area contributed by atoms with Crippen LogP contribution in [0, 0.1) is 0 Å². The number of hydrogen-bond acceptors (Lipinski definition) is 2. The molecule has 0 spiro atoms. The van der Waals surface area contributed by atoms with E-state index in [9.17, 15) is 4.79 Å². The molecule has 0 radical (unpaired) electrons. The van der Waals surface area contributed by atoms with Gasteiger partial charge >= 0.3 is 0 Å². The summed E-state index contributed by atoms with van der Waals surface area (Å²) >= 11 is 11.7. The van der Waals surface area contributed by atoms with E-state index >= 15 is 0 Å². The highest BCUT2D eigenvalue weighted by Crippen LogP contribution is 2.24. The lowest BCUT2D eigenvalue weighted by Gasteiger charge is -2.07. The van der Waals surface area contributed by atoms with Gasteiger partial charge in [-0.1, -0.05) is 23.2 Å². The van der Waals surface area contributed by atoms with Gasteiger partial charge in [0.1, 0.15) is 10.8 Å². The molecule has 6 heteroatoms. The molecule has 0 saturated carbocycles. The van der Waals surface area contributed by atoms with Gasteiger partial charge in [-0.2, -0.15) is 0 Å². The maximum Gasteiger partial charge on any atom is 0.267 e. The average molecular weight is 279 g/mol. The highest BCUT2D eigenvalue weighted by molar-refractivity contribution is 6.41. The van der Waals surface area contributed by atoms with Gasteiger partial charge in [-0.3, -0.25) is 4.79 Å². The molecule has 0 bridgehead atoms. The van der Waals surface area contributed by atoms with Crippen LogP contribution >= 0.6 is 23.2 Å². The maximum absolute atomic E-state index is 11.8.